The molecule has 4 rings (SSSR count). The summed E-state index contributed by atoms with van der Waals surface area (Å²) in [6.07, 6.45) is 13.4. The summed E-state index contributed by atoms with van der Waals surface area (Å²) >= 11 is 0. The molecule has 5 unspecified atom stereocenters. The molecule has 1 aromatic heterocycles. The van der Waals surface area contributed by atoms with E-state index in [1.807, 2.05) is 31.3 Å². The summed E-state index contributed by atoms with van der Waals surface area (Å²) in [4.78, 5) is 17.6. The lowest BCUT2D eigenvalue weighted by atomic mass is 9.92. The van der Waals surface area contributed by atoms with Crippen LogP contribution < -0.4 is 11.1 Å². The van der Waals surface area contributed by atoms with E-state index >= 15 is 0 Å². The second kappa shape index (κ2) is 13.5. The number of nitrogens with zero attached hydrogens (tertiary/aromatic N) is 1. The van der Waals surface area contributed by atoms with Crippen LogP contribution >= 0.6 is 0 Å². The maximum Gasteiger partial charge on any atom is 0.227 e. The van der Waals surface area contributed by atoms with Gasteiger partial charge in [-0.15, -0.1) is 0 Å². The van der Waals surface area contributed by atoms with Crippen molar-refractivity contribution >= 4 is 21.4 Å². The molecule has 0 aliphatic heterocycles. The van der Waals surface area contributed by atoms with E-state index in [4.69, 9.17) is 5.73 Å². The highest BCUT2D eigenvalue weighted by Crippen LogP contribution is 2.66. The fourth-order valence-electron chi connectivity index (χ4n) is 6.54. The van der Waals surface area contributed by atoms with Gasteiger partial charge in [0.1, 0.15) is 0 Å². The molecule has 0 bridgehead atoms. The van der Waals surface area contributed by atoms with Crippen LogP contribution in [0.4, 0.5) is 5.69 Å². The van der Waals surface area contributed by atoms with Gasteiger partial charge in [-0.25, -0.2) is 8.42 Å². The van der Waals surface area contributed by atoms with Gasteiger partial charge < -0.3 is 11.1 Å². The van der Waals surface area contributed by atoms with Crippen LogP contribution in [-0.4, -0.2) is 25.9 Å². The Morgan fingerprint density at radius 1 is 1.24 bits per heavy atom. The highest BCUT2D eigenvalue weighted by molar-refractivity contribution is 7.95. The van der Waals surface area contributed by atoms with Crippen molar-refractivity contribution in [1.29, 1.82) is 0 Å². The van der Waals surface area contributed by atoms with Crippen LogP contribution in [0.15, 0.2) is 76.8 Å². The summed E-state index contributed by atoms with van der Waals surface area (Å²) in [6.45, 7) is 11.5. The highest BCUT2D eigenvalue weighted by Gasteiger charge is 2.59. The van der Waals surface area contributed by atoms with Gasteiger partial charge in [0.25, 0.3) is 0 Å². The lowest BCUT2D eigenvalue weighted by Crippen LogP contribution is -2.21. The van der Waals surface area contributed by atoms with Crippen molar-refractivity contribution < 1.29 is 13.2 Å². The number of fused-ring (bicyclic) bond motifs is 1. The number of carbonyl (C=O) groups is 1. The van der Waals surface area contributed by atoms with E-state index in [2.05, 4.69) is 30.7 Å². The van der Waals surface area contributed by atoms with Crippen LogP contribution in [0.25, 0.3) is 0 Å². The van der Waals surface area contributed by atoms with E-state index in [1.54, 1.807) is 30.5 Å². The zero-order valence-corrected chi connectivity index (χ0v) is 25.8. The van der Waals surface area contributed by atoms with Gasteiger partial charge in [-0.3, -0.25) is 9.78 Å². The number of aryl methyl sites for hydroxylation is 1. The van der Waals surface area contributed by atoms with Gasteiger partial charge in [0.15, 0.2) is 0 Å². The first-order chi connectivity index (χ1) is 19.6. The van der Waals surface area contributed by atoms with Gasteiger partial charge in [-0.05, 0) is 117 Å². The third-order valence-electron chi connectivity index (χ3n) is 9.59. The number of aromatic nitrogens is 1. The SMILES string of the molecule is C=C(CC(CC)CN)CC1C2CCCC(S(=O)(=O)c3ccc(NC(=O)C(C)CCc4cccnc4)cc3)=CCC21C. The summed E-state index contributed by atoms with van der Waals surface area (Å²) in [5.41, 5.74) is 9.03. The minimum Gasteiger partial charge on any atom is -0.330 e. The molecule has 2 aliphatic rings. The van der Waals surface area contributed by atoms with E-state index in [0.717, 1.165) is 50.5 Å². The molecule has 41 heavy (non-hydrogen) atoms. The molecule has 3 N–H and O–H groups in total. The van der Waals surface area contributed by atoms with Crippen LogP contribution in [0.2, 0.25) is 0 Å². The zero-order chi connectivity index (χ0) is 29.6. The first kappa shape index (κ1) is 31.2. The van der Waals surface area contributed by atoms with Crippen molar-refractivity contribution in [3.63, 3.8) is 0 Å². The maximum absolute atomic E-state index is 13.6. The number of allylic oxidation sites excluding steroid dienone is 3. The number of nitrogens with two attached hydrogens (primary N) is 1. The Morgan fingerprint density at radius 3 is 2.66 bits per heavy atom. The minimum atomic E-state index is -3.59. The molecule has 5 atom stereocenters. The topological polar surface area (TPSA) is 102 Å². The van der Waals surface area contributed by atoms with Crippen molar-refractivity contribution in [2.75, 3.05) is 11.9 Å². The monoisotopic (exact) mass is 577 g/mol. The molecule has 1 amide bonds. The normalized spacial score (nSPS) is 23.8. The number of hydrogen-bond donors (Lipinski definition) is 2. The first-order valence-electron chi connectivity index (χ1n) is 15.2. The Morgan fingerprint density at radius 2 is 2.00 bits per heavy atom. The van der Waals surface area contributed by atoms with E-state index in [9.17, 15) is 13.2 Å². The number of anilines is 1. The van der Waals surface area contributed by atoms with Gasteiger partial charge in [0.05, 0.1) is 4.90 Å². The van der Waals surface area contributed by atoms with Crippen LogP contribution in [0.5, 0.6) is 0 Å². The fourth-order valence-corrected chi connectivity index (χ4v) is 8.05. The molecule has 2 aromatic rings. The standard InChI is InChI=1S/C34H47N3O3S/c1-5-26(22-35)20-24(2)21-32-31-10-6-9-29(17-18-34(31,32)4)41(39,40)30-15-13-28(14-16-30)37-33(38)25(3)11-12-27-8-7-19-36-23-27/h7-8,13-17,19,23,25-26,31-32H,2,5-6,9-12,18,20-22,35H2,1,3-4H3,(H,37,38). The molecule has 1 saturated carbocycles. The fraction of sp³-hybridized carbons (Fsp3) is 0.529. The molecule has 222 valence electrons. The molecule has 0 radical (unpaired) electrons. The van der Waals surface area contributed by atoms with Gasteiger partial charge in [-0.1, -0.05) is 51.5 Å². The van der Waals surface area contributed by atoms with Gasteiger partial charge >= 0.3 is 0 Å². The van der Waals surface area contributed by atoms with E-state index in [-0.39, 0.29) is 22.1 Å². The van der Waals surface area contributed by atoms with Crippen molar-refractivity contribution in [1.82, 2.24) is 4.98 Å². The highest BCUT2D eigenvalue weighted by atomic mass is 32.2. The summed E-state index contributed by atoms with van der Waals surface area (Å²) in [7, 11) is -3.59. The summed E-state index contributed by atoms with van der Waals surface area (Å²) in [6, 6.07) is 10.5. The number of benzene rings is 1. The largest absolute Gasteiger partial charge is 0.330 e. The Kier molecular flexibility index (Phi) is 10.2. The average Bonchev–Trinajstić information content (AvgIpc) is 3.49. The number of rotatable bonds is 13. The third kappa shape index (κ3) is 7.55. The summed E-state index contributed by atoms with van der Waals surface area (Å²) in [5.74, 6) is 1.44. The third-order valence-corrected chi connectivity index (χ3v) is 11.5. The second-order valence-corrected chi connectivity index (χ2v) is 14.5. The lowest BCUT2D eigenvalue weighted by molar-refractivity contribution is -0.119. The number of amides is 1. The maximum atomic E-state index is 13.6. The number of hydrogen-bond acceptors (Lipinski definition) is 5. The average molecular weight is 578 g/mol. The quantitative estimate of drug-likeness (QED) is 0.247. The summed E-state index contributed by atoms with van der Waals surface area (Å²) < 4.78 is 27.2. The van der Waals surface area contributed by atoms with Gasteiger partial charge in [-0.2, -0.15) is 0 Å². The van der Waals surface area contributed by atoms with Gasteiger partial charge in [0, 0.05) is 28.9 Å². The molecule has 1 heterocycles. The van der Waals surface area contributed by atoms with E-state index < -0.39 is 9.84 Å². The predicted molar refractivity (Wildman–Crippen MR) is 167 cm³/mol. The van der Waals surface area contributed by atoms with Gasteiger partial charge in [0.2, 0.25) is 15.7 Å². The van der Waals surface area contributed by atoms with E-state index in [1.165, 1.54) is 5.57 Å². The molecule has 1 fully saturated rings. The lowest BCUT2D eigenvalue weighted by Gasteiger charge is -2.17. The predicted octanol–water partition coefficient (Wildman–Crippen LogP) is 7.09. The van der Waals surface area contributed by atoms with Crippen LogP contribution in [0.1, 0.15) is 77.7 Å². The van der Waals surface area contributed by atoms with Crippen molar-refractivity contribution in [2.24, 2.45) is 34.8 Å². The molecular formula is C34H47N3O3S. The Hall–Kier alpha value is -2.77. The minimum absolute atomic E-state index is 0.0788. The molecular weight excluding hydrogens is 530 g/mol. The van der Waals surface area contributed by atoms with Crippen molar-refractivity contribution in [3.05, 3.63) is 77.5 Å². The Bertz CT molecular complexity index is 1330. The summed E-state index contributed by atoms with van der Waals surface area (Å²) in [5, 5.41) is 2.93. The van der Waals surface area contributed by atoms with Crippen LogP contribution in [0.3, 0.4) is 0 Å². The molecule has 1 aromatic carbocycles. The molecule has 2 aliphatic carbocycles. The number of nitrogens with one attached hydrogen (secondary N) is 1. The van der Waals surface area contributed by atoms with Crippen LogP contribution in [-0.2, 0) is 21.1 Å². The Balaban J connectivity index is 1.35. The zero-order valence-electron chi connectivity index (χ0n) is 24.9. The van der Waals surface area contributed by atoms with Crippen molar-refractivity contribution in [3.8, 4) is 0 Å². The number of carbonyl (C=O) groups excluding carboxylic acids is 1. The number of sulfone groups is 1. The molecule has 6 nitrogen and oxygen atoms in total. The molecule has 7 heteroatoms. The first-order valence-corrected chi connectivity index (χ1v) is 16.7. The van der Waals surface area contributed by atoms with Crippen LogP contribution in [0, 0.1) is 29.1 Å². The second-order valence-electron chi connectivity index (χ2n) is 12.5. The molecule has 0 spiro atoms. The molecule has 0 saturated heterocycles. The smallest absolute Gasteiger partial charge is 0.227 e. The number of pyridine rings is 1. The van der Waals surface area contributed by atoms with Crippen molar-refractivity contribution in [2.45, 2.75) is 83.5 Å². The Labute approximate surface area is 246 Å². The van der Waals surface area contributed by atoms with E-state index in [0.29, 0.717) is 47.7 Å².